The van der Waals surface area contributed by atoms with Crippen molar-refractivity contribution < 1.29 is 9.84 Å². The van der Waals surface area contributed by atoms with Crippen LogP contribution in [0.3, 0.4) is 0 Å². The Morgan fingerprint density at radius 2 is 1.46 bits per heavy atom. The van der Waals surface area contributed by atoms with Crippen LogP contribution in [0.1, 0.15) is 64.9 Å². The molecule has 0 spiro atoms. The molecule has 0 amide bonds. The van der Waals surface area contributed by atoms with Gasteiger partial charge in [-0.05, 0) is 67.8 Å². The molecule has 132 valence electrons. The molecular formula is C22H32O2. The van der Waals surface area contributed by atoms with Crippen molar-refractivity contribution in [3.63, 3.8) is 0 Å². The Bertz CT molecular complexity index is 592. The zero-order chi connectivity index (χ0) is 17.2. The number of hydrogen-bond donors (Lipinski definition) is 1. The van der Waals surface area contributed by atoms with Gasteiger partial charge in [-0.3, -0.25) is 0 Å². The molecule has 0 heterocycles. The Kier molecular flexibility index (Phi) is 3.59. The number of methoxy groups -OCH3 is 1. The third-order valence-corrected chi connectivity index (χ3v) is 7.39. The van der Waals surface area contributed by atoms with E-state index < -0.39 is 5.60 Å². The van der Waals surface area contributed by atoms with Gasteiger partial charge in [0.2, 0.25) is 0 Å². The molecule has 1 N–H and O–H groups in total. The number of ether oxygens (including phenoxy) is 1. The van der Waals surface area contributed by atoms with E-state index in [0.29, 0.717) is 0 Å². The monoisotopic (exact) mass is 328 g/mol. The Labute approximate surface area is 146 Å². The fourth-order valence-corrected chi connectivity index (χ4v) is 6.98. The van der Waals surface area contributed by atoms with Crippen LogP contribution in [0.15, 0.2) is 24.3 Å². The Morgan fingerprint density at radius 1 is 0.958 bits per heavy atom. The summed E-state index contributed by atoms with van der Waals surface area (Å²) in [6.07, 6.45) is 7.74. The molecule has 1 unspecified atom stereocenters. The maximum absolute atomic E-state index is 12.4. The number of aliphatic hydroxyl groups is 1. The molecule has 0 aromatic heterocycles. The zero-order valence-electron chi connectivity index (χ0n) is 15.6. The lowest BCUT2D eigenvalue weighted by molar-refractivity contribution is -0.230. The summed E-state index contributed by atoms with van der Waals surface area (Å²) in [6.45, 7) is 6.62. The maximum atomic E-state index is 12.4. The van der Waals surface area contributed by atoms with Crippen LogP contribution in [-0.2, 0) is 5.60 Å². The largest absolute Gasteiger partial charge is 0.496 e. The van der Waals surface area contributed by atoms with Crippen molar-refractivity contribution >= 4 is 0 Å². The molecule has 5 rings (SSSR count). The van der Waals surface area contributed by atoms with E-state index in [0.717, 1.165) is 29.1 Å². The summed E-state index contributed by atoms with van der Waals surface area (Å²) in [5.41, 5.74) is -0.0631. The normalized spacial score (nSPS) is 37.3. The molecule has 4 bridgehead atoms. The lowest BCUT2D eigenvalue weighted by Gasteiger charge is -2.65. The second-order valence-corrected chi connectivity index (χ2v) is 9.86. The number of benzene rings is 1. The van der Waals surface area contributed by atoms with Crippen molar-refractivity contribution in [3.05, 3.63) is 29.8 Å². The van der Waals surface area contributed by atoms with E-state index in [-0.39, 0.29) is 10.8 Å². The van der Waals surface area contributed by atoms with E-state index in [1.54, 1.807) is 7.11 Å². The number of hydrogen-bond acceptors (Lipinski definition) is 2. The molecule has 4 aliphatic carbocycles. The SMILES string of the molecule is COc1ccccc1C(O)(C(C)(C)C)C12CC3CC(CC(C3)C1)C2. The van der Waals surface area contributed by atoms with Gasteiger partial charge in [0, 0.05) is 11.0 Å². The molecule has 1 aromatic carbocycles. The van der Waals surface area contributed by atoms with Gasteiger partial charge in [-0.15, -0.1) is 0 Å². The molecule has 0 aliphatic heterocycles. The molecule has 0 saturated heterocycles. The highest BCUT2D eigenvalue weighted by atomic mass is 16.5. The summed E-state index contributed by atoms with van der Waals surface area (Å²) in [7, 11) is 1.72. The van der Waals surface area contributed by atoms with E-state index in [2.05, 4.69) is 32.9 Å². The van der Waals surface area contributed by atoms with E-state index in [1.165, 1.54) is 38.5 Å². The van der Waals surface area contributed by atoms with Crippen molar-refractivity contribution in [3.8, 4) is 5.75 Å². The van der Waals surface area contributed by atoms with Crippen LogP contribution in [-0.4, -0.2) is 12.2 Å². The van der Waals surface area contributed by atoms with Gasteiger partial charge in [-0.25, -0.2) is 0 Å². The van der Waals surface area contributed by atoms with Crippen molar-refractivity contribution in [2.75, 3.05) is 7.11 Å². The molecule has 1 aromatic rings. The first kappa shape index (κ1) is 16.4. The molecule has 4 saturated carbocycles. The summed E-state index contributed by atoms with van der Waals surface area (Å²) >= 11 is 0. The van der Waals surface area contributed by atoms with Gasteiger partial charge in [-0.1, -0.05) is 39.0 Å². The second kappa shape index (κ2) is 5.24. The van der Waals surface area contributed by atoms with Crippen LogP contribution in [0, 0.1) is 28.6 Å². The van der Waals surface area contributed by atoms with Gasteiger partial charge in [-0.2, -0.15) is 0 Å². The zero-order valence-corrected chi connectivity index (χ0v) is 15.6. The Hall–Kier alpha value is -1.02. The topological polar surface area (TPSA) is 29.5 Å². The van der Waals surface area contributed by atoms with Crippen LogP contribution in [0.25, 0.3) is 0 Å². The minimum absolute atomic E-state index is 0.00856. The number of para-hydroxylation sites is 1. The fraction of sp³-hybridized carbons (Fsp3) is 0.727. The average molecular weight is 328 g/mol. The van der Waals surface area contributed by atoms with Crippen molar-refractivity contribution in [1.82, 2.24) is 0 Å². The van der Waals surface area contributed by atoms with Gasteiger partial charge < -0.3 is 9.84 Å². The fourth-order valence-electron chi connectivity index (χ4n) is 6.98. The smallest absolute Gasteiger partial charge is 0.124 e. The highest BCUT2D eigenvalue weighted by Gasteiger charge is 2.64. The van der Waals surface area contributed by atoms with Gasteiger partial charge in [0.05, 0.1) is 7.11 Å². The molecular weight excluding hydrogens is 296 g/mol. The second-order valence-electron chi connectivity index (χ2n) is 9.86. The molecule has 2 heteroatoms. The first-order valence-electron chi connectivity index (χ1n) is 9.65. The predicted octanol–water partition coefficient (Wildman–Crippen LogP) is 5.15. The van der Waals surface area contributed by atoms with Gasteiger partial charge in [0.1, 0.15) is 11.4 Å². The maximum Gasteiger partial charge on any atom is 0.124 e. The quantitative estimate of drug-likeness (QED) is 0.832. The van der Waals surface area contributed by atoms with Gasteiger partial charge >= 0.3 is 0 Å². The summed E-state index contributed by atoms with van der Waals surface area (Å²) in [5, 5.41) is 12.4. The minimum Gasteiger partial charge on any atom is -0.496 e. The summed E-state index contributed by atoms with van der Waals surface area (Å²) in [6, 6.07) is 8.16. The summed E-state index contributed by atoms with van der Waals surface area (Å²) < 4.78 is 5.69. The van der Waals surface area contributed by atoms with Crippen molar-refractivity contribution in [2.45, 2.75) is 64.9 Å². The predicted molar refractivity (Wildman–Crippen MR) is 97.0 cm³/mol. The highest BCUT2D eigenvalue weighted by molar-refractivity contribution is 5.41. The first-order chi connectivity index (χ1) is 11.3. The van der Waals surface area contributed by atoms with E-state index in [1.807, 2.05) is 12.1 Å². The van der Waals surface area contributed by atoms with Crippen LogP contribution in [0.5, 0.6) is 5.75 Å². The van der Waals surface area contributed by atoms with E-state index in [4.69, 9.17) is 4.74 Å². The average Bonchev–Trinajstić information content (AvgIpc) is 2.51. The van der Waals surface area contributed by atoms with E-state index >= 15 is 0 Å². The molecule has 24 heavy (non-hydrogen) atoms. The molecule has 4 aliphatic rings. The first-order valence-corrected chi connectivity index (χ1v) is 9.65. The third-order valence-electron chi connectivity index (χ3n) is 7.39. The van der Waals surface area contributed by atoms with Gasteiger partial charge in [0.25, 0.3) is 0 Å². The Balaban J connectivity index is 1.89. The van der Waals surface area contributed by atoms with E-state index in [9.17, 15) is 5.11 Å². The van der Waals surface area contributed by atoms with Crippen LogP contribution in [0.2, 0.25) is 0 Å². The standard InChI is InChI=1S/C22H32O2/c1-20(2,3)22(23,18-7-5-6-8-19(18)24-4)21-12-15-9-16(13-21)11-17(10-15)14-21/h5-8,15-17,23H,9-14H2,1-4H3. The van der Waals surface area contributed by atoms with Crippen LogP contribution in [0.4, 0.5) is 0 Å². The summed E-state index contributed by atoms with van der Waals surface area (Å²) in [4.78, 5) is 0. The molecule has 0 radical (unpaired) electrons. The van der Waals surface area contributed by atoms with Crippen molar-refractivity contribution in [1.29, 1.82) is 0 Å². The highest BCUT2D eigenvalue weighted by Crippen LogP contribution is 2.69. The van der Waals surface area contributed by atoms with Gasteiger partial charge in [0.15, 0.2) is 0 Å². The number of rotatable bonds is 3. The third kappa shape index (κ3) is 2.11. The summed E-state index contributed by atoms with van der Waals surface area (Å²) in [5.74, 6) is 3.30. The van der Waals surface area contributed by atoms with Crippen molar-refractivity contribution in [2.24, 2.45) is 28.6 Å². The lowest BCUT2D eigenvalue weighted by atomic mass is 9.41. The Morgan fingerprint density at radius 3 is 1.92 bits per heavy atom. The lowest BCUT2D eigenvalue weighted by Crippen LogP contribution is -2.61. The van der Waals surface area contributed by atoms with Crippen LogP contribution >= 0.6 is 0 Å². The minimum atomic E-state index is -0.845. The molecule has 2 nitrogen and oxygen atoms in total. The molecule has 1 atom stereocenters. The van der Waals surface area contributed by atoms with Crippen LogP contribution < -0.4 is 4.74 Å². The molecule has 4 fully saturated rings.